The lowest BCUT2D eigenvalue weighted by Gasteiger charge is -2.15. The van der Waals surface area contributed by atoms with Crippen LogP contribution in [0.25, 0.3) is 20.9 Å². The SMILES string of the molecule is C=CNCCCC(Cc1ccccc1)c1ncc(-c2nc3cc(C)c(N=C(C)c4cnc(C(C=C)CCCNC(=O)Cc5ccccc5)[nH]4)cc3s2)[nH]1. The minimum atomic E-state index is 0.0313. The van der Waals surface area contributed by atoms with Gasteiger partial charge in [0, 0.05) is 24.9 Å². The van der Waals surface area contributed by atoms with Gasteiger partial charge >= 0.3 is 0 Å². The van der Waals surface area contributed by atoms with Crippen molar-refractivity contribution in [1.82, 2.24) is 35.6 Å². The number of carbonyl (C=O) groups excluding carboxylic acids is 1. The number of hydrogen-bond acceptors (Lipinski definition) is 7. The number of H-pyrrole nitrogens is 2. The smallest absolute Gasteiger partial charge is 0.224 e. The molecule has 4 N–H and O–H groups in total. The van der Waals surface area contributed by atoms with Crippen molar-refractivity contribution in [2.45, 2.75) is 64.2 Å². The number of aliphatic imine (C=N–C) groups is 1. The number of benzene rings is 3. The Hall–Kier alpha value is -5.61. The van der Waals surface area contributed by atoms with Crippen LogP contribution in [0.1, 0.15) is 78.5 Å². The van der Waals surface area contributed by atoms with Crippen molar-refractivity contribution in [3.8, 4) is 10.7 Å². The van der Waals surface area contributed by atoms with Gasteiger partial charge in [0.05, 0.1) is 51.8 Å². The van der Waals surface area contributed by atoms with E-state index < -0.39 is 0 Å². The zero-order valence-corrected chi connectivity index (χ0v) is 31.4. The highest BCUT2D eigenvalue weighted by atomic mass is 32.1. The number of aromatic nitrogens is 5. The summed E-state index contributed by atoms with van der Waals surface area (Å²) in [5, 5.41) is 7.15. The van der Waals surface area contributed by atoms with Crippen LogP contribution in [0.5, 0.6) is 0 Å². The predicted molar refractivity (Wildman–Crippen MR) is 218 cm³/mol. The maximum atomic E-state index is 12.3. The first-order valence-corrected chi connectivity index (χ1v) is 19.1. The van der Waals surface area contributed by atoms with Crippen molar-refractivity contribution >= 4 is 38.9 Å². The summed E-state index contributed by atoms with van der Waals surface area (Å²) in [4.78, 5) is 38.9. The van der Waals surface area contributed by atoms with Crippen molar-refractivity contribution in [2.24, 2.45) is 4.99 Å². The van der Waals surface area contributed by atoms with E-state index >= 15 is 0 Å². The van der Waals surface area contributed by atoms with Crippen LogP contribution in [0.3, 0.4) is 0 Å². The summed E-state index contributed by atoms with van der Waals surface area (Å²) >= 11 is 1.64. The molecule has 2 unspecified atom stereocenters. The van der Waals surface area contributed by atoms with Crippen LogP contribution in [0.15, 0.2) is 116 Å². The number of carbonyl (C=O) groups is 1. The molecule has 9 nitrogen and oxygen atoms in total. The third kappa shape index (κ3) is 10.0. The Labute approximate surface area is 315 Å². The third-order valence-corrected chi connectivity index (χ3v) is 10.4. The summed E-state index contributed by atoms with van der Waals surface area (Å²) in [6.45, 7) is 13.4. The molecule has 0 aliphatic rings. The maximum absolute atomic E-state index is 12.3. The molecular formula is C43H48N8OS. The molecule has 0 radical (unpaired) electrons. The topological polar surface area (TPSA) is 124 Å². The summed E-state index contributed by atoms with van der Waals surface area (Å²) < 4.78 is 1.07. The lowest BCUT2D eigenvalue weighted by molar-refractivity contribution is -0.120. The van der Waals surface area contributed by atoms with Crippen LogP contribution >= 0.6 is 11.3 Å². The molecule has 0 spiro atoms. The molecule has 6 rings (SSSR count). The number of allylic oxidation sites excluding steroid dienone is 1. The zero-order valence-electron chi connectivity index (χ0n) is 30.6. The van der Waals surface area contributed by atoms with Crippen LogP contribution in [-0.2, 0) is 17.6 Å². The molecule has 3 aromatic carbocycles. The minimum absolute atomic E-state index is 0.0313. The predicted octanol–water partition coefficient (Wildman–Crippen LogP) is 9.11. The molecule has 0 bridgehead atoms. The van der Waals surface area contributed by atoms with E-state index in [4.69, 9.17) is 15.0 Å². The second kappa shape index (κ2) is 18.2. The number of nitrogens with one attached hydrogen (secondary N) is 4. The number of aromatic amines is 2. The molecular weight excluding hydrogens is 677 g/mol. The summed E-state index contributed by atoms with van der Waals surface area (Å²) in [5.41, 5.74) is 7.84. The van der Waals surface area contributed by atoms with Gasteiger partial charge in [0.15, 0.2) is 0 Å². The molecule has 10 heteroatoms. The number of aryl methyl sites for hydroxylation is 1. The van der Waals surface area contributed by atoms with Gasteiger partial charge in [-0.3, -0.25) is 9.79 Å². The highest BCUT2D eigenvalue weighted by Crippen LogP contribution is 2.35. The Morgan fingerprint density at radius 2 is 1.66 bits per heavy atom. The van der Waals surface area contributed by atoms with Crippen molar-refractivity contribution in [3.63, 3.8) is 0 Å². The molecule has 0 aliphatic carbocycles. The average Bonchev–Trinajstić information content (AvgIpc) is 3.95. The first kappa shape index (κ1) is 37.2. The summed E-state index contributed by atoms with van der Waals surface area (Å²) in [6, 6.07) is 24.6. The third-order valence-electron chi connectivity index (χ3n) is 9.39. The molecule has 53 heavy (non-hydrogen) atoms. The number of rotatable bonds is 19. The van der Waals surface area contributed by atoms with Gasteiger partial charge in [-0.25, -0.2) is 15.0 Å². The second-order valence-corrected chi connectivity index (χ2v) is 14.4. The highest BCUT2D eigenvalue weighted by Gasteiger charge is 2.19. The van der Waals surface area contributed by atoms with E-state index in [1.165, 1.54) is 5.56 Å². The summed E-state index contributed by atoms with van der Waals surface area (Å²) in [5.74, 6) is 2.17. The Morgan fingerprint density at radius 1 is 0.925 bits per heavy atom. The summed E-state index contributed by atoms with van der Waals surface area (Å²) in [6.07, 6.45) is 12.4. The van der Waals surface area contributed by atoms with E-state index in [0.29, 0.717) is 13.0 Å². The van der Waals surface area contributed by atoms with E-state index in [-0.39, 0.29) is 17.7 Å². The van der Waals surface area contributed by atoms with E-state index in [0.717, 1.165) is 99.4 Å². The molecule has 0 aliphatic heterocycles. The molecule has 3 heterocycles. The number of nitrogens with zero attached hydrogens (tertiary/aromatic N) is 4. The molecule has 6 aromatic rings. The normalized spacial score (nSPS) is 12.8. The van der Waals surface area contributed by atoms with Gasteiger partial charge in [0.2, 0.25) is 5.91 Å². The minimum Gasteiger partial charge on any atom is -0.391 e. The van der Waals surface area contributed by atoms with Gasteiger partial charge in [-0.2, -0.15) is 0 Å². The first-order chi connectivity index (χ1) is 25.9. The molecule has 0 saturated carbocycles. The zero-order chi connectivity index (χ0) is 37.0. The second-order valence-electron chi connectivity index (χ2n) is 13.4. The average molecular weight is 725 g/mol. The van der Waals surface area contributed by atoms with Crippen molar-refractivity contribution < 1.29 is 4.79 Å². The van der Waals surface area contributed by atoms with Crippen molar-refractivity contribution in [3.05, 3.63) is 145 Å². The summed E-state index contributed by atoms with van der Waals surface area (Å²) in [7, 11) is 0. The van der Waals surface area contributed by atoms with Crippen LogP contribution in [0, 0.1) is 6.92 Å². The molecule has 272 valence electrons. The fourth-order valence-electron chi connectivity index (χ4n) is 6.45. The fourth-order valence-corrected chi connectivity index (χ4v) is 7.40. The van der Waals surface area contributed by atoms with E-state index in [1.807, 2.05) is 55.7 Å². The standard InChI is InChI=1S/C43H48N8OS/c1-5-33(19-14-22-45-40(52)25-32-17-11-8-12-18-32)41-46-27-37(49-41)30(4)48-35-26-39-36(23-29(35)3)51-43(53-39)38-28-47-42(50-38)34(20-13-21-44-6-2)24-31-15-9-7-10-16-31/h5-12,15-18,23,26-28,33-34,44H,1-2,13-14,19-22,24-25H2,3-4H3,(H,45,52)(H,46,49)(H,47,50). The molecule has 0 fully saturated rings. The van der Waals surface area contributed by atoms with Crippen LogP contribution in [0.2, 0.25) is 0 Å². The Morgan fingerprint density at radius 3 is 2.42 bits per heavy atom. The number of imidazole rings is 2. The van der Waals surface area contributed by atoms with E-state index in [1.54, 1.807) is 17.5 Å². The Kier molecular flexibility index (Phi) is 12.8. The van der Waals surface area contributed by atoms with Gasteiger partial charge in [0.25, 0.3) is 0 Å². The van der Waals surface area contributed by atoms with Crippen LogP contribution < -0.4 is 10.6 Å². The van der Waals surface area contributed by atoms with Gasteiger partial charge in [-0.1, -0.05) is 73.3 Å². The van der Waals surface area contributed by atoms with Gasteiger partial charge in [0.1, 0.15) is 16.7 Å². The lowest BCUT2D eigenvalue weighted by Crippen LogP contribution is -2.26. The molecule has 2 atom stereocenters. The van der Waals surface area contributed by atoms with Crippen molar-refractivity contribution in [1.29, 1.82) is 0 Å². The van der Waals surface area contributed by atoms with Crippen molar-refractivity contribution in [2.75, 3.05) is 13.1 Å². The Balaban J connectivity index is 1.10. The number of hydrogen-bond donors (Lipinski definition) is 4. The van der Waals surface area contributed by atoms with Gasteiger partial charge < -0.3 is 20.6 Å². The van der Waals surface area contributed by atoms with E-state index in [9.17, 15) is 4.79 Å². The van der Waals surface area contributed by atoms with Crippen LogP contribution in [-0.4, -0.2) is 49.6 Å². The molecule has 0 saturated heterocycles. The number of fused-ring (bicyclic) bond motifs is 1. The number of amides is 1. The van der Waals surface area contributed by atoms with Crippen LogP contribution in [0.4, 0.5) is 5.69 Å². The lowest BCUT2D eigenvalue weighted by atomic mass is 9.94. The first-order valence-electron chi connectivity index (χ1n) is 18.3. The fraction of sp³-hybridized carbons (Fsp3) is 0.279. The molecule has 1 amide bonds. The highest BCUT2D eigenvalue weighted by molar-refractivity contribution is 7.21. The monoisotopic (exact) mass is 724 g/mol. The number of thiazole rings is 1. The quantitative estimate of drug-likeness (QED) is 0.0377. The molecule has 3 aromatic heterocycles. The van der Waals surface area contributed by atoms with Gasteiger partial charge in [-0.05, 0) is 81.0 Å². The largest absolute Gasteiger partial charge is 0.391 e. The Bertz CT molecular complexity index is 2150. The van der Waals surface area contributed by atoms with E-state index in [2.05, 4.69) is 88.1 Å². The maximum Gasteiger partial charge on any atom is 0.224 e. The van der Waals surface area contributed by atoms with Gasteiger partial charge in [-0.15, -0.1) is 17.9 Å².